The maximum Gasteiger partial charge on any atom is 0.294 e. The minimum absolute atomic E-state index is 0.210. The smallest absolute Gasteiger partial charge is 0.294 e. The van der Waals surface area contributed by atoms with E-state index >= 15 is 0 Å². The largest absolute Gasteiger partial charge is 0.467 e. The third-order valence-electron chi connectivity index (χ3n) is 3.59. The molecule has 1 N–H and O–H groups in total. The van der Waals surface area contributed by atoms with Crippen LogP contribution in [0, 0.1) is 6.92 Å². The van der Waals surface area contributed by atoms with E-state index in [0.29, 0.717) is 10.7 Å². The van der Waals surface area contributed by atoms with Crippen LogP contribution < -0.4 is 5.32 Å². The van der Waals surface area contributed by atoms with Gasteiger partial charge in [0.2, 0.25) is 5.91 Å². The number of aryl methyl sites for hydroxylation is 1. The number of nitrogens with zero attached hydrogens (tertiary/aromatic N) is 1. The second-order valence-corrected chi connectivity index (χ2v) is 6.53. The van der Waals surface area contributed by atoms with E-state index in [2.05, 4.69) is 5.32 Å². The summed E-state index contributed by atoms with van der Waals surface area (Å²) in [5.74, 6) is -0.277. The molecule has 0 atom stereocenters. The molecule has 128 valence electrons. The maximum absolute atomic E-state index is 12.4. The Kier molecular flexibility index (Phi) is 5.04. The third-order valence-corrected chi connectivity index (χ3v) is 4.50. The lowest BCUT2D eigenvalue weighted by molar-refractivity contribution is -0.129. The number of nitrogens with one attached hydrogen (secondary N) is 1. The first-order valence-electron chi connectivity index (χ1n) is 7.64. The molecule has 1 aromatic carbocycles. The van der Waals surface area contributed by atoms with Crippen LogP contribution in [0.15, 0.2) is 52.0 Å². The van der Waals surface area contributed by atoms with Crippen molar-refractivity contribution in [3.63, 3.8) is 0 Å². The summed E-state index contributed by atoms with van der Waals surface area (Å²) in [6.45, 7) is 1.87. The topological polar surface area (TPSA) is 79.6 Å². The Morgan fingerprint density at radius 1 is 1.24 bits per heavy atom. The molecule has 0 unspecified atom stereocenters. The molecule has 7 heteroatoms. The highest BCUT2D eigenvalue weighted by Gasteiger charge is 2.36. The number of hydrogen-bond acceptors (Lipinski definition) is 5. The van der Waals surface area contributed by atoms with Gasteiger partial charge in [0.15, 0.2) is 0 Å². The van der Waals surface area contributed by atoms with Crippen LogP contribution in [0.25, 0.3) is 6.08 Å². The number of hydrogen-bond donors (Lipinski definition) is 1. The van der Waals surface area contributed by atoms with Crippen LogP contribution in [-0.4, -0.2) is 28.5 Å². The van der Waals surface area contributed by atoms with Crippen molar-refractivity contribution in [2.45, 2.75) is 13.5 Å². The number of imide groups is 1. The fourth-order valence-corrected chi connectivity index (χ4v) is 3.09. The second-order valence-electron chi connectivity index (χ2n) is 5.53. The van der Waals surface area contributed by atoms with Gasteiger partial charge in [-0.15, -0.1) is 0 Å². The molecule has 25 heavy (non-hydrogen) atoms. The van der Waals surface area contributed by atoms with Crippen molar-refractivity contribution in [2.24, 2.45) is 0 Å². The Balaban J connectivity index is 1.62. The predicted molar refractivity (Wildman–Crippen MR) is 94.4 cm³/mol. The van der Waals surface area contributed by atoms with Crippen LogP contribution in [0.1, 0.15) is 16.9 Å². The Morgan fingerprint density at radius 2 is 2.00 bits per heavy atom. The molecular formula is C18H16N2O4S. The highest BCUT2D eigenvalue weighted by Crippen LogP contribution is 2.31. The molecule has 2 aromatic rings. The number of amides is 3. The summed E-state index contributed by atoms with van der Waals surface area (Å²) in [5.41, 5.74) is 1.94. The van der Waals surface area contributed by atoms with E-state index in [1.54, 1.807) is 18.2 Å². The highest BCUT2D eigenvalue weighted by molar-refractivity contribution is 8.18. The second kappa shape index (κ2) is 7.40. The number of carbonyl (C=O) groups excluding carboxylic acids is 3. The van der Waals surface area contributed by atoms with Crippen LogP contribution in [0.5, 0.6) is 0 Å². The third kappa shape index (κ3) is 4.19. The van der Waals surface area contributed by atoms with E-state index in [1.807, 2.05) is 31.2 Å². The minimum Gasteiger partial charge on any atom is -0.467 e. The Morgan fingerprint density at radius 3 is 2.68 bits per heavy atom. The van der Waals surface area contributed by atoms with Crippen LogP contribution in [-0.2, 0) is 16.1 Å². The van der Waals surface area contributed by atoms with Crippen molar-refractivity contribution in [3.8, 4) is 0 Å². The fraction of sp³-hybridized carbons (Fsp3) is 0.167. The predicted octanol–water partition coefficient (Wildman–Crippen LogP) is 2.94. The van der Waals surface area contributed by atoms with Gasteiger partial charge in [0, 0.05) is 0 Å². The van der Waals surface area contributed by atoms with Gasteiger partial charge in [0.25, 0.3) is 11.1 Å². The summed E-state index contributed by atoms with van der Waals surface area (Å²) in [5, 5.41) is 2.17. The molecule has 0 bridgehead atoms. The van der Waals surface area contributed by atoms with Crippen LogP contribution in [0.3, 0.4) is 0 Å². The molecule has 1 aliphatic rings. The first-order valence-corrected chi connectivity index (χ1v) is 8.46. The van der Waals surface area contributed by atoms with Gasteiger partial charge in [-0.05, 0) is 42.5 Å². The van der Waals surface area contributed by atoms with Gasteiger partial charge in [0.1, 0.15) is 12.3 Å². The lowest BCUT2D eigenvalue weighted by Gasteiger charge is -2.11. The van der Waals surface area contributed by atoms with E-state index in [-0.39, 0.29) is 13.1 Å². The van der Waals surface area contributed by atoms with Gasteiger partial charge in [-0.3, -0.25) is 19.3 Å². The molecule has 0 spiro atoms. The van der Waals surface area contributed by atoms with E-state index in [0.717, 1.165) is 27.8 Å². The van der Waals surface area contributed by atoms with Crippen LogP contribution in [0.2, 0.25) is 0 Å². The number of rotatable bonds is 5. The van der Waals surface area contributed by atoms with E-state index in [4.69, 9.17) is 4.42 Å². The Hall–Kier alpha value is -2.80. The lowest BCUT2D eigenvalue weighted by atomic mass is 10.1. The van der Waals surface area contributed by atoms with Crippen molar-refractivity contribution < 1.29 is 18.8 Å². The van der Waals surface area contributed by atoms with Gasteiger partial charge in [-0.2, -0.15) is 0 Å². The molecular weight excluding hydrogens is 340 g/mol. The van der Waals surface area contributed by atoms with Crippen molar-refractivity contribution in [1.82, 2.24) is 10.2 Å². The average molecular weight is 356 g/mol. The van der Waals surface area contributed by atoms with E-state index < -0.39 is 17.1 Å². The monoisotopic (exact) mass is 356 g/mol. The maximum atomic E-state index is 12.4. The molecule has 6 nitrogen and oxygen atoms in total. The quantitative estimate of drug-likeness (QED) is 0.833. The van der Waals surface area contributed by atoms with Gasteiger partial charge in [-0.1, -0.05) is 29.8 Å². The summed E-state index contributed by atoms with van der Waals surface area (Å²) in [6, 6.07) is 11.0. The molecule has 0 saturated carbocycles. The van der Waals surface area contributed by atoms with Crippen LogP contribution >= 0.6 is 11.8 Å². The first kappa shape index (κ1) is 17.0. The molecule has 2 heterocycles. The molecule has 1 aliphatic heterocycles. The van der Waals surface area contributed by atoms with Crippen molar-refractivity contribution in [2.75, 3.05) is 6.54 Å². The van der Waals surface area contributed by atoms with E-state index in [9.17, 15) is 14.4 Å². The zero-order valence-corrected chi connectivity index (χ0v) is 14.3. The average Bonchev–Trinajstić information content (AvgIpc) is 3.19. The first-order chi connectivity index (χ1) is 12.0. The van der Waals surface area contributed by atoms with Gasteiger partial charge in [-0.25, -0.2) is 0 Å². The molecule has 0 aliphatic carbocycles. The van der Waals surface area contributed by atoms with Crippen molar-refractivity contribution >= 4 is 34.9 Å². The van der Waals surface area contributed by atoms with Crippen LogP contribution in [0.4, 0.5) is 4.79 Å². The summed E-state index contributed by atoms with van der Waals surface area (Å²) < 4.78 is 5.11. The van der Waals surface area contributed by atoms with E-state index in [1.165, 1.54) is 6.26 Å². The Bertz CT molecular complexity index is 825. The van der Waals surface area contributed by atoms with Gasteiger partial charge < -0.3 is 9.73 Å². The molecule has 1 fully saturated rings. The number of benzene rings is 1. The lowest BCUT2D eigenvalue weighted by Crippen LogP contribution is -2.39. The normalized spacial score (nSPS) is 15.9. The molecule has 3 amide bonds. The number of furan rings is 1. The standard InChI is InChI=1S/C18H16N2O4S/c1-12-4-6-13(7-5-12)9-15-17(22)20(18(23)25-15)11-16(21)19-10-14-3-2-8-24-14/h2-9H,10-11H2,1H3,(H,19,21)/b15-9-. The molecule has 3 rings (SSSR count). The summed E-state index contributed by atoms with van der Waals surface area (Å²) in [7, 11) is 0. The summed E-state index contributed by atoms with van der Waals surface area (Å²) in [6.07, 6.45) is 3.17. The highest BCUT2D eigenvalue weighted by atomic mass is 32.2. The zero-order valence-electron chi connectivity index (χ0n) is 13.5. The Labute approximate surface area is 148 Å². The van der Waals surface area contributed by atoms with Gasteiger partial charge in [0.05, 0.1) is 17.7 Å². The molecule has 1 saturated heterocycles. The fourth-order valence-electron chi connectivity index (χ4n) is 2.25. The molecule has 0 radical (unpaired) electrons. The zero-order chi connectivity index (χ0) is 17.8. The summed E-state index contributed by atoms with van der Waals surface area (Å²) in [4.78, 5) is 37.6. The van der Waals surface area contributed by atoms with Crippen molar-refractivity contribution in [3.05, 3.63) is 64.5 Å². The number of thioether (sulfide) groups is 1. The minimum atomic E-state index is -0.455. The number of carbonyl (C=O) groups is 3. The SMILES string of the molecule is Cc1ccc(/C=C2\SC(=O)N(CC(=O)NCc3ccco3)C2=O)cc1. The summed E-state index contributed by atoms with van der Waals surface area (Å²) >= 11 is 0.839. The van der Waals surface area contributed by atoms with Gasteiger partial charge >= 0.3 is 0 Å². The van der Waals surface area contributed by atoms with Crippen molar-refractivity contribution in [1.29, 1.82) is 0 Å². The molecule has 1 aromatic heterocycles.